The van der Waals surface area contributed by atoms with Gasteiger partial charge >= 0.3 is 7.12 Å². The third-order valence-electron chi connectivity index (χ3n) is 6.10. The summed E-state index contributed by atoms with van der Waals surface area (Å²) in [5, 5.41) is 24.7. The summed E-state index contributed by atoms with van der Waals surface area (Å²) < 4.78 is 0. The Kier molecular flexibility index (Phi) is 4.16. The number of rotatable bonds is 4. The molecule has 5 rings (SSSR count). The van der Waals surface area contributed by atoms with Crippen LogP contribution in [-0.4, -0.2) is 17.2 Å². The van der Waals surface area contributed by atoms with Gasteiger partial charge in [-0.1, -0.05) is 73.8 Å². The Morgan fingerprint density at radius 1 is 0.793 bits per heavy atom. The van der Waals surface area contributed by atoms with Crippen LogP contribution in [0.25, 0.3) is 44.8 Å². The minimum absolute atomic E-state index is 0.474. The minimum Gasteiger partial charge on any atom is -0.423 e. The SMILES string of the molecule is C=Cc1c(C=C)c(-c2cc3c4c(cccc4c2)CC3)c2ccccc2c1B(O)O. The van der Waals surface area contributed by atoms with Gasteiger partial charge in [0.1, 0.15) is 0 Å². The number of hydrogen-bond donors (Lipinski definition) is 2. The summed E-state index contributed by atoms with van der Waals surface area (Å²) in [6, 6.07) is 18.9. The summed E-state index contributed by atoms with van der Waals surface area (Å²) >= 11 is 0. The summed E-state index contributed by atoms with van der Waals surface area (Å²) in [6.45, 7) is 7.98. The van der Waals surface area contributed by atoms with E-state index in [1.54, 1.807) is 12.2 Å². The standard InChI is InChI=1S/C26H21BO2/c1-3-20-21(4-2)26(27(28)29)23-11-6-5-10-22(23)25(20)19-14-17-9-7-8-16-12-13-18(15-19)24(16)17/h3-11,14-15,28-29H,1-2,12-13H2. The fraction of sp³-hybridized carbons (Fsp3) is 0.0769. The number of hydrogen-bond acceptors (Lipinski definition) is 2. The van der Waals surface area contributed by atoms with Crippen LogP contribution in [-0.2, 0) is 12.8 Å². The van der Waals surface area contributed by atoms with Gasteiger partial charge in [-0.15, -0.1) is 0 Å². The molecule has 0 atom stereocenters. The quantitative estimate of drug-likeness (QED) is 0.506. The zero-order valence-corrected chi connectivity index (χ0v) is 16.2. The first-order chi connectivity index (χ1) is 14.1. The van der Waals surface area contributed by atoms with E-state index in [1.807, 2.05) is 24.3 Å². The maximum atomic E-state index is 10.1. The predicted octanol–water partition coefficient (Wildman–Crippen LogP) is 4.72. The molecule has 0 bridgehead atoms. The highest BCUT2D eigenvalue weighted by atomic mass is 16.4. The van der Waals surface area contributed by atoms with E-state index in [0.717, 1.165) is 40.3 Å². The number of fused-ring (bicyclic) bond motifs is 1. The lowest BCUT2D eigenvalue weighted by molar-refractivity contribution is 0.426. The van der Waals surface area contributed by atoms with E-state index in [0.29, 0.717) is 11.0 Å². The Morgan fingerprint density at radius 3 is 2.24 bits per heavy atom. The Bertz CT molecular complexity index is 1320. The highest BCUT2D eigenvalue weighted by molar-refractivity contribution is 6.63. The van der Waals surface area contributed by atoms with Gasteiger partial charge in [-0.2, -0.15) is 0 Å². The first-order valence-corrected chi connectivity index (χ1v) is 9.88. The fourth-order valence-corrected chi connectivity index (χ4v) is 4.95. The largest absolute Gasteiger partial charge is 0.489 e. The second-order valence-electron chi connectivity index (χ2n) is 7.59. The molecule has 3 heteroatoms. The summed E-state index contributed by atoms with van der Waals surface area (Å²) in [5.74, 6) is 0. The van der Waals surface area contributed by atoms with Crippen LogP contribution in [0.4, 0.5) is 0 Å². The van der Waals surface area contributed by atoms with Crippen molar-refractivity contribution in [2.24, 2.45) is 0 Å². The van der Waals surface area contributed by atoms with Crippen molar-refractivity contribution in [2.75, 3.05) is 0 Å². The number of benzene rings is 4. The summed E-state index contributed by atoms with van der Waals surface area (Å²) in [7, 11) is -1.59. The van der Waals surface area contributed by atoms with Crippen molar-refractivity contribution in [2.45, 2.75) is 12.8 Å². The Hall–Kier alpha value is -3.14. The van der Waals surface area contributed by atoms with E-state index >= 15 is 0 Å². The van der Waals surface area contributed by atoms with Crippen molar-refractivity contribution in [3.63, 3.8) is 0 Å². The zero-order chi connectivity index (χ0) is 20.1. The van der Waals surface area contributed by atoms with E-state index in [1.165, 1.54) is 21.9 Å². The maximum absolute atomic E-state index is 10.1. The number of aryl methyl sites for hydroxylation is 2. The van der Waals surface area contributed by atoms with Crippen molar-refractivity contribution >= 4 is 46.3 Å². The van der Waals surface area contributed by atoms with Crippen LogP contribution in [0.2, 0.25) is 0 Å². The normalized spacial score (nSPS) is 12.5. The first-order valence-electron chi connectivity index (χ1n) is 9.88. The molecule has 0 unspecified atom stereocenters. The molecule has 0 fully saturated rings. The van der Waals surface area contributed by atoms with Crippen LogP contribution in [0, 0.1) is 0 Å². The molecule has 0 aliphatic heterocycles. The monoisotopic (exact) mass is 376 g/mol. The second-order valence-corrected chi connectivity index (χ2v) is 7.59. The average molecular weight is 376 g/mol. The summed E-state index contributed by atoms with van der Waals surface area (Å²) in [4.78, 5) is 0. The third-order valence-corrected chi connectivity index (χ3v) is 6.10. The lowest BCUT2D eigenvalue weighted by Gasteiger charge is -2.20. The molecular formula is C26H21BO2. The molecule has 0 heterocycles. The first kappa shape index (κ1) is 17.9. The van der Waals surface area contributed by atoms with Crippen LogP contribution >= 0.6 is 0 Å². The van der Waals surface area contributed by atoms with Crippen molar-refractivity contribution in [1.29, 1.82) is 0 Å². The van der Waals surface area contributed by atoms with Crippen molar-refractivity contribution in [1.82, 2.24) is 0 Å². The molecule has 0 radical (unpaired) electrons. The molecule has 2 N–H and O–H groups in total. The van der Waals surface area contributed by atoms with Gasteiger partial charge in [0, 0.05) is 0 Å². The Labute approximate surface area is 170 Å². The fourth-order valence-electron chi connectivity index (χ4n) is 4.95. The third kappa shape index (κ3) is 2.59. The van der Waals surface area contributed by atoms with Gasteiger partial charge in [-0.05, 0) is 79.3 Å². The molecular weight excluding hydrogens is 355 g/mol. The van der Waals surface area contributed by atoms with E-state index in [9.17, 15) is 10.0 Å². The van der Waals surface area contributed by atoms with Gasteiger partial charge in [0.25, 0.3) is 0 Å². The molecule has 1 aliphatic rings. The molecule has 4 aromatic carbocycles. The molecule has 4 aromatic rings. The van der Waals surface area contributed by atoms with Crippen LogP contribution in [0.15, 0.2) is 67.8 Å². The molecule has 0 saturated carbocycles. The van der Waals surface area contributed by atoms with Crippen LogP contribution in [0.1, 0.15) is 22.3 Å². The van der Waals surface area contributed by atoms with E-state index < -0.39 is 7.12 Å². The van der Waals surface area contributed by atoms with Gasteiger partial charge < -0.3 is 10.0 Å². The van der Waals surface area contributed by atoms with Gasteiger partial charge in [-0.25, -0.2) is 0 Å². The minimum atomic E-state index is -1.59. The lowest BCUT2D eigenvalue weighted by atomic mass is 9.70. The van der Waals surface area contributed by atoms with Crippen LogP contribution in [0.3, 0.4) is 0 Å². The van der Waals surface area contributed by atoms with E-state index in [4.69, 9.17) is 0 Å². The average Bonchev–Trinajstić information content (AvgIpc) is 3.16. The van der Waals surface area contributed by atoms with E-state index in [2.05, 4.69) is 43.5 Å². The molecule has 1 aliphatic carbocycles. The molecule has 0 aromatic heterocycles. The highest BCUT2D eigenvalue weighted by Gasteiger charge is 2.25. The molecule has 0 saturated heterocycles. The summed E-state index contributed by atoms with van der Waals surface area (Å²) in [6.07, 6.45) is 5.62. The van der Waals surface area contributed by atoms with Gasteiger partial charge in [0.05, 0.1) is 0 Å². The molecule has 140 valence electrons. The topological polar surface area (TPSA) is 40.5 Å². The van der Waals surface area contributed by atoms with Crippen LogP contribution in [0.5, 0.6) is 0 Å². The van der Waals surface area contributed by atoms with E-state index in [-0.39, 0.29) is 0 Å². The Morgan fingerprint density at radius 2 is 1.52 bits per heavy atom. The smallest absolute Gasteiger partial charge is 0.423 e. The second kappa shape index (κ2) is 6.73. The summed E-state index contributed by atoms with van der Waals surface area (Å²) in [5.41, 5.74) is 7.05. The van der Waals surface area contributed by atoms with Crippen molar-refractivity contribution in [3.8, 4) is 11.1 Å². The molecule has 29 heavy (non-hydrogen) atoms. The van der Waals surface area contributed by atoms with Gasteiger partial charge in [-0.3, -0.25) is 0 Å². The molecule has 2 nitrogen and oxygen atoms in total. The van der Waals surface area contributed by atoms with Crippen LogP contribution < -0.4 is 5.46 Å². The molecule has 0 amide bonds. The zero-order valence-electron chi connectivity index (χ0n) is 16.2. The highest BCUT2D eigenvalue weighted by Crippen LogP contribution is 2.40. The van der Waals surface area contributed by atoms with Crippen molar-refractivity contribution in [3.05, 3.63) is 90.0 Å². The Balaban J connectivity index is 1.95. The lowest BCUT2D eigenvalue weighted by Crippen LogP contribution is -2.33. The maximum Gasteiger partial charge on any atom is 0.489 e. The van der Waals surface area contributed by atoms with Gasteiger partial charge in [0.2, 0.25) is 0 Å². The van der Waals surface area contributed by atoms with Gasteiger partial charge in [0.15, 0.2) is 0 Å². The predicted molar refractivity (Wildman–Crippen MR) is 124 cm³/mol. The molecule has 0 spiro atoms. The van der Waals surface area contributed by atoms with Crippen molar-refractivity contribution < 1.29 is 10.0 Å².